The maximum atomic E-state index is 12.0. The van der Waals surface area contributed by atoms with Gasteiger partial charge in [0.1, 0.15) is 19.5 Å². The first kappa shape index (κ1) is 20.3. The molecule has 0 heterocycles. The van der Waals surface area contributed by atoms with Gasteiger partial charge in [-0.2, -0.15) is 0 Å². The van der Waals surface area contributed by atoms with Crippen molar-refractivity contribution in [1.82, 2.24) is 5.32 Å². The number of amides is 1. The van der Waals surface area contributed by atoms with Crippen LogP contribution in [0.15, 0.2) is 41.1 Å². The molecule has 5 nitrogen and oxygen atoms in total. The van der Waals surface area contributed by atoms with Gasteiger partial charge in [-0.3, -0.25) is 4.79 Å². The lowest BCUT2D eigenvalue weighted by Gasteiger charge is -2.11. The molecule has 0 saturated carbocycles. The Balaban J connectivity index is 2.96. The zero-order chi connectivity index (χ0) is 18.9. The lowest BCUT2D eigenvalue weighted by Crippen LogP contribution is -2.29. The number of hydrogen-bond acceptors (Lipinski definition) is 4. The van der Waals surface area contributed by atoms with Gasteiger partial charge in [0.25, 0.3) is 5.91 Å². The molecule has 1 amide bonds. The van der Waals surface area contributed by atoms with E-state index in [1.165, 1.54) is 14.2 Å². The molecule has 1 aromatic carbocycles. The highest BCUT2D eigenvalue weighted by molar-refractivity contribution is 6.45. The number of benzene rings is 1. The average Bonchev–Trinajstić information content (AvgIpc) is 2.57. The van der Waals surface area contributed by atoms with Crippen LogP contribution in [0.2, 0.25) is 0 Å². The van der Waals surface area contributed by atoms with Crippen LogP contribution in [0, 0.1) is 17.3 Å². The molecule has 5 heteroatoms. The summed E-state index contributed by atoms with van der Waals surface area (Å²) in [5, 5.41) is 6.36. The maximum absolute atomic E-state index is 12.0. The molecule has 134 valence electrons. The third kappa shape index (κ3) is 7.13. The summed E-state index contributed by atoms with van der Waals surface area (Å²) in [4.78, 5) is 16.8. The Morgan fingerprint density at radius 3 is 2.60 bits per heavy atom. The van der Waals surface area contributed by atoms with E-state index >= 15 is 0 Å². The lowest BCUT2D eigenvalue weighted by atomic mass is 9.97. The van der Waals surface area contributed by atoms with Gasteiger partial charge in [-0.25, -0.2) is 0 Å². The number of ether oxygens (including phenoxy) is 1. The molecule has 0 atom stereocenters. The van der Waals surface area contributed by atoms with Crippen LogP contribution in [-0.4, -0.2) is 32.4 Å². The number of likely N-dealkylation sites (N-methyl/N-ethyl adjacent to an activating group) is 1. The van der Waals surface area contributed by atoms with Gasteiger partial charge in [-0.1, -0.05) is 29.1 Å². The van der Waals surface area contributed by atoms with E-state index in [4.69, 9.17) is 9.57 Å². The normalized spacial score (nSPS) is 12.1. The van der Waals surface area contributed by atoms with Crippen LogP contribution < -0.4 is 10.1 Å². The van der Waals surface area contributed by atoms with Gasteiger partial charge in [0.15, 0.2) is 5.71 Å². The highest BCUT2D eigenvalue weighted by Crippen LogP contribution is 2.19. The fraction of sp³-hybridized carbons (Fsp3) is 0.400. The second-order valence-electron chi connectivity index (χ2n) is 6.40. The van der Waals surface area contributed by atoms with Gasteiger partial charge < -0.3 is 14.9 Å². The average molecular weight is 342 g/mol. The van der Waals surface area contributed by atoms with E-state index < -0.39 is 0 Å². The number of allylic oxidation sites excluding steroid dienone is 1. The third-order valence-corrected chi connectivity index (χ3v) is 3.03. The van der Waals surface area contributed by atoms with E-state index in [1.54, 1.807) is 12.1 Å². The fourth-order valence-electron chi connectivity index (χ4n) is 1.80. The summed E-state index contributed by atoms with van der Waals surface area (Å²) in [7, 11) is 2.93. The first-order valence-corrected chi connectivity index (χ1v) is 8.04. The summed E-state index contributed by atoms with van der Waals surface area (Å²) in [5.74, 6) is 6.50. The monoisotopic (exact) mass is 342 g/mol. The number of carbonyl (C=O) groups is 1. The van der Waals surface area contributed by atoms with Gasteiger partial charge in [0, 0.05) is 12.5 Å². The zero-order valence-corrected chi connectivity index (χ0v) is 15.8. The van der Waals surface area contributed by atoms with E-state index in [1.807, 2.05) is 25.1 Å². The van der Waals surface area contributed by atoms with Crippen molar-refractivity contribution in [2.45, 2.75) is 27.7 Å². The number of carbonyl (C=O) groups excluding carboxylic acids is 1. The van der Waals surface area contributed by atoms with Gasteiger partial charge in [0.2, 0.25) is 0 Å². The minimum Gasteiger partial charge on any atom is -0.489 e. The standard InChI is InChI=1S/C20H26N2O3/c1-15(11-13-20(2,3)4)12-14-25-17-10-8-7-9-16(17)18(22-24-6)19(23)21-5/h7-10,12H,14H2,1-6H3,(H,21,23)/b15-12+,22-18+. The Bertz CT molecular complexity index is 716. The van der Waals surface area contributed by atoms with Crippen molar-refractivity contribution in [2.75, 3.05) is 20.8 Å². The van der Waals surface area contributed by atoms with Gasteiger partial charge >= 0.3 is 0 Å². The minimum atomic E-state index is -0.347. The van der Waals surface area contributed by atoms with E-state index in [0.29, 0.717) is 17.9 Å². The van der Waals surface area contributed by atoms with Gasteiger partial charge in [-0.15, -0.1) is 0 Å². The van der Waals surface area contributed by atoms with Crippen LogP contribution in [0.5, 0.6) is 5.75 Å². The number of para-hydroxylation sites is 1. The quantitative estimate of drug-likeness (QED) is 0.491. The Labute approximate surface area is 150 Å². The van der Waals surface area contributed by atoms with E-state index in [9.17, 15) is 4.79 Å². The zero-order valence-electron chi connectivity index (χ0n) is 15.8. The van der Waals surface area contributed by atoms with Crippen molar-refractivity contribution < 1.29 is 14.4 Å². The predicted octanol–water partition coefficient (Wildman–Crippen LogP) is 3.16. The molecule has 0 fully saturated rings. The van der Waals surface area contributed by atoms with Crippen molar-refractivity contribution in [3.05, 3.63) is 41.5 Å². The Hall–Kier alpha value is -2.74. The van der Waals surface area contributed by atoms with Gasteiger partial charge in [-0.05, 0) is 51.5 Å². The molecule has 0 spiro atoms. The summed E-state index contributed by atoms with van der Waals surface area (Å²) in [5.41, 5.74) is 1.62. The number of nitrogens with one attached hydrogen (secondary N) is 1. The first-order valence-electron chi connectivity index (χ1n) is 8.04. The molecule has 0 saturated heterocycles. The van der Waals surface area contributed by atoms with Gasteiger partial charge in [0.05, 0.1) is 5.56 Å². The molecule has 0 bridgehead atoms. The van der Waals surface area contributed by atoms with Crippen LogP contribution in [-0.2, 0) is 9.63 Å². The van der Waals surface area contributed by atoms with Crippen molar-refractivity contribution in [3.63, 3.8) is 0 Å². The smallest absolute Gasteiger partial charge is 0.273 e. The van der Waals surface area contributed by atoms with Crippen LogP contribution in [0.4, 0.5) is 0 Å². The largest absolute Gasteiger partial charge is 0.489 e. The van der Waals surface area contributed by atoms with Crippen LogP contribution in [0.25, 0.3) is 0 Å². The lowest BCUT2D eigenvalue weighted by molar-refractivity contribution is -0.114. The molecule has 0 radical (unpaired) electrons. The van der Waals surface area contributed by atoms with Crippen LogP contribution >= 0.6 is 0 Å². The third-order valence-electron chi connectivity index (χ3n) is 3.03. The number of rotatable bonds is 6. The number of oxime groups is 1. The summed E-state index contributed by atoms with van der Waals surface area (Å²) < 4.78 is 5.80. The molecule has 0 unspecified atom stereocenters. The molecular weight excluding hydrogens is 316 g/mol. The van der Waals surface area contributed by atoms with E-state index in [2.05, 4.69) is 43.1 Å². The highest BCUT2D eigenvalue weighted by atomic mass is 16.6. The molecule has 1 rings (SSSR count). The van der Waals surface area contributed by atoms with Crippen LogP contribution in [0.1, 0.15) is 33.3 Å². The molecule has 25 heavy (non-hydrogen) atoms. The summed E-state index contributed by atoms with van der Waals surface area (Å²) >= 11 is 0. The highest BCUT2D eigenvalue weighted by Gasteiger charge is 2.17. The van der Waals surface area contributed by atoms with Crippen molar-refractivity contribution >= 4 is 11.6 Å². The summed E-state index contributed by atoms with van der Waals surface area (Å²) in [6.45, 7) is 8.48. The van der Waals surface area contributed by atoms with Crippen molar-refractivity contribution in [3.8, 4) is 17.6 Å². The SMILES string of the molecule is CNC(=O)/C(=N/OC)c1ccccc1OC/C=C(\C)C#CC(C)(C)C. The summed E-state index contributed by atoms with van der Waals surface area (Å²) in [6.07, 6.45) is 1.91. The van der Waals surface area contributed by atoms with Crippen LogP contribution in [0.3, 0.4) is 0 Å². The Kier molecular flexibility index (Phi) is 7.74. The van der Waals surface area contributed by atoms with E-state index in [0.717, 1.165) is 5.57 Å². The summed E-state index contributed by atoms with van der Waals surface area (Å²) in [6, 6.07) is 7.20. The topological polar surface area (TPSA) is 59.9 Å². The van der Waals surface area contributed by atoms with Crippen molar-refractivity contribution in [2.24, 2.45) is 10.6 Å². The second-order valence-corrected chi connectivity index (χ2v) is 6.40. The number of nitrogens with zero attached hydrogens (tertiary/aromatic N) is 1. The second kappa shape index (κ2) is 9.53. The first-order chi connectivity index (χ1) is 11.8. The molecule has 1 N–H and O–H groups in total. The molecule has 0 aliphatic heterocycles. The molecule has 0 aliphatic carbocycles. The Morgan fingerprint density at radius 2 is 2.00 bits per heavy atom. The minimum absolute atomic E-state index is 0.0401. The molecule has 1 aromatic rings. The van der Waals surface area contributed by atoms with E-state index in [-0.39, 0.29) is 17.0 Å². The van der Waals surface area contributed by atoms with Crippen molar-refractivity contribution in [1.29, 1.82) is 0 Å². The number of hydrogen-bond donors (Lipinski definition) is 1. The Morgan fingerprint density at radius 1 is 1.32 bits per heavy atom. The molecular formula is C20H26N2O3. The maximum Gasteiger partial charge on any atom is 0.273 e. The molecule has 0 aromatic heterocycles. The molecule has 0 aliphatic rings. The fourth-order valence-corrected chi connectivity index (χ4v) is 1.80. The predicted molar refractivity (Wildman–Crippen MR) is 101 cm³/mol.